The fourth-order valence-corrected chi connectivity index (χ4v) is 1.54. The lowest BCUT2D eigenvalue weighted by Crippen LogP contribution is -2.18. The third-order valence-corrected chi connectivity index (χ3v) is 2.76. The number of hydrogen-bond donors (Lipinski definition) is 1. The molecule has 0 aliphatic rings. The Balaban J connectivity index is 3.14. The smallest absolute Gasteiger partial charge is 0.0840 e. The number of aliphatic hydroxyl groups excluding tert-OH is 1. The lowest BCUT2D eigenvalue weighted by Gasteiger charge is -2.27. The van der Waals surface area contributed by atoms with Crippen LogP contribution in [0.1, 0.15) is 43.6 Å². The van der Waals surface area contributed by atoms with E-state index in [0.29, 0.717) is 0 Å². The Labute approximate surface area is 86.8 Å². The molecule has 1 aromatic rings. The van der Waals surface area contributed by atoms with Gasteiger partial charge in [-0.3, -0.25) is 0 Å². The highest BCUT2D eigenvalue weighted by Gasteiger charge is 2.25. The first-order chi connectivity index (χ1) is 6.34. The van der Waals surface area contributed by atoms with Crippen LogP contribution in [0.3, 0.4) is 0 Å². The van der Waals surface area contributed by atoms with Crippen molar-refractivity contribution in [3.05, 3.63) is 34.9 Å². The van der Waals surface area contributed by atoms with Crippen LogP contribution >= 0.6 is 0 Å². The summed E-state index contributed by atoms with van der Waals surface area (Å²) in [5.41, 5.74) is 3.40. The van der Waals surface area contributed by atoms with E-state index in [2.05, 4.69) is 40.7 Å². The van der Waals surface area contributed by atoms with Gasteiger partial charge in [0.25, 0.3) is 0 Å². The van der Waals surface area contributed by atoms with Crippen molar-refractivity contribution >= 4 is 0 Å². The van der Waals surface area contributed by atoms with Crippen LogP contribution in [0, 0.1) is 19.3 Å². The molecule has 0 fully saturated rings. The second-order valence-corrected chi connectivity index (χ2v) is 5.06. The summed E-state index contributed by atoms with van der Waals surface area (Å²) in [6.07, 6.45) is -0.387. The van der Waals surface area contributed by atoms with Gasteiger partial charge in [-0.15, -0.1) is 0 Å². The molecule has 0 amide bonds. The lowest BCUT2D eigenvalue weighted by molar-refractivity contribution is 0.0621. The van der Waals surface area contributed by atoms with Gasteiger partial charge in [-0.25, -0.2) is 0 Å². The predicted molar refractivity (Wildman–Crippen MR) is 60.3 cm³/mol. The Morgan fingerprint density at radius 3 is 2.21 bits per heavy atom. The van der Waals surface area contributed by atoms with Crippen LogP contribution in [-0.4, -0.2) is 5.11 Å². The van der Waals surface area contributed by atoms with E-state index < -0.39 is 0 Å². The van der Waals surface area contributed by atoms with Gasteiger partial charge in [-0.1, -0.05) is 39.0 Å². The van der Waals surface area contributed by atoms with Crippen molar-refractivity contribution in [2.45, 2.75) is 40.7 Å². The minimum Gasteiger partial charge on any atom is -0.388 e. The topological polar surface area (TPSA) is 20.2 Å². The molecule has 0 aliphatic heterocycles. The number of hydrogen-bond acceptors (Lipinski definition) is 1. The maximum absolute atomic E-state index is 10.2. The van der Waals surface area contributed by atoms with Crippen molar-refractivity contribution in [2.24, 2.45) is 5.41 Å². The van der Waals surface area contributed by atoms with Crippen molar-refractivity contribution in [2.75, 3.05) is 0 Å². The first-order valence-electron chi connectivity index (χ1n) is 5.08. The third kappa shape index (κ3) is 2.16. The molecule has 1 unspecified atom stereocenters. The van der Waals surface area contributed by atoms with E-state index in [1.54, 1.807) is 0 Å². The summed E-state index contributed by atoms with van der Waals surface area (Å²) in [5.74, 6) is 0. The average molecular weight is 192 g/mol. The number of rotatable bonds is 1. The monoisotopic (exact) mass is 192 g/mol. The van der Waals surface area contributed by atoms with Crippen LogP contribution < -0.4 is 0 Å². The molecule has 1 N–H and O–H groups in total. The van der Waals surface area contributed by atoms with Gasteiger partial charge in [0.15, 0.2) is 0 Å². The van der Waals surface area contributed by atoms with E-state index in [0.717, 1.165) is 5.56 Å². The minimum atomic E-state index is -0.387. The molecule has 1 aromatic carbocycles. The quantitative estimate of drug-likeness (QED) is 0.723. The van der Waals surface area contributed by atoms with E-state index >= 15 is 0 Å². The molecule has 0 radical (unpaired) electrons. The molecular formula is C13H20O. The van der Waals surface area contributed by atoms with E-state index in [4.69, 9.17) is 0 Å². The average Bonchev–Trinajstić information content (AvgIpc) is 2.07. The Hall–Kier alpha value is -0.820. The van der Waals surface area contributed by atoms with Crippen molar-refractivity contribution in [1.29, 1.82) is 0 Å². The Kier molecular flexibility index (Phi) is 3.01. The van der Waals surface area contributed by atoms with Crippen molar-refractivity contribution in [1.82, 2.24) is 0 Å². The number of aryl methyl sites for hydroxylation is 1. The largest absolute Gasteiger partial charge is 0.388 e. The van der Waals surface area contributed by atoms with Gasteiger partial charge in [0, 0.05) is 0 Å². The van der Waals surface area contributed by atoms with Crippen LogP contribution in [0.5, 0.6) is 0 Å². The van der Waals surface area contributed by atoms with Crippen molar-refractivity contribution < 1.29 is 5.11 Å². The maximum Gasteiger partial charge on any atom is 0.0840 e. The van der Waals surface area contributed by atoms with E-state index in [1.807, 2.05) is 12.1 Å². The van der Waals surface area contributed by atoms with Gasteiger partial charge < -0.3 is 5.11 Å². The zero-order chi connectivity index (χ0) is 10.9. The normalized spacial score (nSPS) is 14.1. The van der Waals surface area contributed by atoms with E-state index in [-0.39, 0.29) is 11.5 Å². The van der Waals surface area contributed by atoms with Crippen molar-refractivity contribution in [3.63, 3.8) is 0 Å². The highest BCUT2D eigenvalue weighted by atomic mass is 16.3. The summed E-state index contributed by atoms with van der Waals surface area (Å²) in [5, 5.41) is 10.2. The van der Waals surface area contributed by atoms with Crippen LogP contribution in [0.2, 0.25) is 0 Å². The van der Waals surface area contributed by atoms with Gasteiger partial charge >= 0.3 is 0 Å². The molecule has 1 nitrogen and oxygen atoms in total. The fraction of sp³-hybridized carbons (Fsp3) is 0.538. The Morgan fingerprint density at radius 1 is 1.14 bits per heavy atom. The number of aliphatic hydroxyl groups is 1. The SMILES string of the molecule is Cc1cccc(C(O)C(C)(C)C)c1C. The van der Waals surface area contributed by atoms with E-state index in [1.165, 1.54) is 11.1 Å². The second kappa shape index (κ2) is 3.74. The van der Waals surface area contributed by atoms with Gasteiger partial charge in [0.05, 0.1) is 6.10 Å². The van der Waals surface area contributed by atoms with Crippen molar-refractivity contribution in [3.8, 4) is 0 Å². The molecule has 14 heavy (non-hydrogen) atoms. The first-order valence-corrected chi connectivity index (χ1v) is 5.08. The standard InChI is InChI=1S/C13H20O/c1-9-7-6-8-11(10(9)2)12(14)13(3,4)5/h6-8,12,14H,1-5H3. The molecule has 1 rings (SSSR count). The predicted octanol–water partition coefficient (Wildman–Crippen LogP) is 3.38. The molecule has 0 heterocycles. The summed E-state index contributed by atoms with van der Waals surface area (Å²) in [6.45, 7) is 10.3. The maximum atomic E-state index is 10.2. The Bertz CT molecular complexity index is 320. The lowest BCUT2D eigenvalue weighted by atomic mass is 9.82. The summed E-state index contributed by atoms with van der Waals surface area (Å²) >= 11 is 0. The fourth-order valence-electron chi connectivity index (χ4n) is 1.54. The first kappa shape index (κ1) is 11.3. The third-order valence-electron chi connectivity index (χ3n) is 2.76. The molecule has 0 spiro atoms. The molecule has 78 valence electrons. The van der Waals surface area contributed by atoms with Crippen LogP contribution in [-0.2, 0) is 0 Å². The van der Waals surface area contributed by atoms with Gasteiger partial charge in [-0.2, -0.15) is 0 Å². The molecule has 0 bridgehead atoms. The molecule has 0 aliphatic carbocycles. The van der Waals surface area contributed by atoms with E-state index in [9.17, 15) is 5.11 Å². The summed E-state index contributed by atoms with van der Waals surface area (Å²) in [6, 6.07) is 6.10. The summed E-state index contributed by atoms with van der Waals surface area (Å²) in [4.78, 5) is 0. The zero-order valence-corrected chi connectivity index (χ0v) is 9.76. The van der Waals surface area contributed by atoms with Crippen LogP contribution in [0.15, 0.2) is 18.2 Å². The molecule has 1 atom stereocenters. The second-order valence-electron chi connectivity index (χ2n) is 5.06. The molecular weight excluding hydrogens is 172 g/mol. The Morgan fingerprint density at radius 2 is 1.71 bits per heavy atom. The summed E-state index contributed by atoms with van der Waals surface area (Å²) < 4.78 is 0. The van der Waals surface area contributed by atoms with Gasteiger partial charge in [-0.05, 0) is 36.0 Å². The molecule has 0 saturated heterocycles. The highest BCUT2D eigenvalue weighted by Crippen LogP contribution is 2.34. The molecule has 1 heteroatoms. The molecule has 0 aromatic heterocycles. The minimum absolute atomic E-state index is 0.0987. The zero-order valence-electron chi connectivity index (χ0n) is 9.76. The van der Waals surface area contributed by atoms with Crippen LogP contribution in [0.25, 0.3) is 0 Å². The number of benzene rings is 1. The summed E-state index contributed by atoms with van der Waals surface area (Å²) in [7, 11) is 0. The highest BCUT2D eigenvalue weighted by molar-refractivity contribution is 5.35. The molecule has 0 saturated carbocycles. The van der Waals surface area contributed by atoms with Crippen LogP contribution in [0.4, 0.5) is 0 Å². The van der Waals surface area contributed by atoms with Gasteiger partial charge in [0.2, 0.25) is 0 Å². The van der Waals surface area contributed by atoms with Gasteiger partial charge in [0.1, 0.15) is 0 Å².